The van der Waals surface area contributed by atoms with Crippen LogP contribution in [0.5, 0.6) is 0 Å². The second-order valence-electron chi connectivity index (χ2n) is 4.88. The molecule has 0 fully saturated rings. The number of nitro benzene ring substituents is 1. The second-order valence-corrected chi connectivity index (χ2v) is 5.69. The molecule has 0 heterocycles. The average Bonchev–Trinajstić information content (AvgIpc) is 2.39. The van der Waals surface area contributed by atoms with Crippen LogP contribution in [0.25, 0.3) is 0 Å². The minimum Gasteiger partial charge on any atom is -0.332 e. The molecule has 2 aromatic carbocycles. The summed E-state index contributed by atoms with van der Waals surface area (Å²) in [5, 5.41) is 17.3. The van der Waals surface area contributed by atoms with Crippen molar-refractivity contribution in [1.29, 1.82) is 0 Å². The van der Waals surface area contributed by atoms with Gasteiger partial charge in [0.05, 0.1) is 15.6 Å². The molecule has 5 nitrogen and oxygen atoms in total. The van der Waals surface area contributed by atoms with E-state index in [1.165, 1.54) is 18.2 Å². The fraction of sp³-hybridized carbons (Fsp3) is 0.133. The van der Waals surface area contributed by atoms with E-state index in [-0.39, 0.29) is 10.7 Å². The van der Waals surface area contributed by atoms with Crippen molar-refractivity contribution in [3.63, 3.8) is 0 Å². The molecule has 0 bridgehead atoms. The lowest BCUT2D eigenvalue weighted by Crippen LogP contribution is -2.19. The number of aryl methyl sites for hydroxylation is 2. The highest BCUT2D eigenvalue weighted by molar-refractivity contribution is 7.80. The van der Waals surface area contributed by atoms with Crippen LogP contribution in [-0.2, 0) is 0 Å². The Labute approximate surface area is 138 Å². The molecule has 0 unspecified atom stereocenters. The molecule has 22 heavy (non-hydrogen) atoms. The van der Waals surface area contributed by atoms with Gasteiger partial charge in [-0.1, -0.05) is 17.7 Å². The van der Waals surface area contributed by atoms with Crippen molar-refractivity contribution < 1.29 is 4.92 Å². The first-order valence-electron chi connectivity index (χ1n) is 6.45. The van der Waals surface area contributed by atoms with E-state index in [4.69, 9.17) is 23.8 Å². The summed E-state index contributed by atoms with van der Waals surface area (Å²) < 4.78 is 0. The van der Waals surface area contributed by atoms with E-state index in [9.17, 15) is 10.1 Å². The number of benzene rings is 2. The zero-order chi connectivity index (χ0) is 16.3. The van der Waals surface area contributed by atoms with Gasteiger partial charge in [0.1, 0.15) is 0 Å². The molecule has 2 rings (SSSR count). The molecular weight excluding hydrogens is 322 g/mol. The Morgan fingerprint density at radius 3 is 2.32 bits per heavy atom. The van der Waals surface area contributed by atoms with E-state index in [1.54, 1.807) is 0 Å². The second kappa shape index (κ2) is 6.72. The summed E-state index contributed by atoms with van der Waals surface area (Å²) in [6.07, 6.45) is 0. The number of hydrogen-bond acceptors (Lipinski definition) is 3. The number of anilines is 2. The smallest absolute Gasteiger partial charge is 0.271 e. The molecule has 0 aromatic heterocycles. The van der Waals surface area contributed by atoms with Crippen LogP contribution in [-0.4, -0.2) is 10.0 Å². The van der Waals surface area contributed by atoms with Gasteiger partial charge in [-0.25, -0.2) is 0 Å². The van der Waals surface area contributed by atoms with Gasteiger partial charge in [0.15, 0.2) is 5.11 Å². The molecule has 0 atom stereocenters. The highest BCUT2D eigenvalue weighted by atomic mass is 35.5. The monoisotopic (exact) mass is 335 g/mol. The fourth-order valence-corrected chi connectivity index (χ4v) is 2.50. The van der Waals surface area contributed by atoms with Gasteiger partial charge in [-0.2, -0.15) is 0 Å². The SMILES string of the molecule is Cc1cc(C)cc(NC(=S)Nc2ccc([N+](=O)[O-])cc2Cl)c1. The molecule has 0 spiro atoms. The van der Waals surface area contributed by atoms with Crippen molar-refractivity contribution in [3.8, 4) is 0 Å². The summed E-state index contributed by atoms with van der Waals surface area (Å²) in [7, 11) is 0. The van der Waals surface area contributed by atoms with Crippen LogP contribution in [0.1, 0.15) is 11.1 Å². The van der Waals surface area contributed by atoms with Crippen LogP contribution in [0, 0.1) is 24.0 Å². The third kappa shape index (κ3) is 4.16. The number of halogens is 1. The van der Waals surface area contributed by atoms with Gasteiger partial charge in [-0.05, 0) is 55.4 Å². The third-order valence-electron chi connectivity index (χ3n) is 2.89. The maximum Gasteiger partial charge on any atom is 0.271 e. The van der Waals surface area contributed by atoms with Crippen molar-refractivity contribution in [2.24, 2.45) is 0 Å². The predicted molar refractivity (Wildman–Crippen MR) is 93.9 cm³/mol. The minimum atomic E-state index is -0.498. The van der Waals surface area contributed by atoms with E-state index in [1.807, 2.05) is 26.0 Å². The van der Waals surface area contributed by atoms with Gasteiger partial charge in [0, 0.05) is 17.8 Å². The van der Waals surface area contributed by atoms with E-state index in [2.05, 4.69) is 16.7 Å². The van der Waals surface area contributed by atoms with E-state index in [0.717, 1.165) is 16.8 Å². The Morgan fingerprint density at radius 2 is 1.77 bits per heavy atom. The molecule has 2 aromatic rings. The lowest BCUT2D eigenvalue weighted by Gasteiger charge is -2.12. The third-order valence-corrected chi connectivity index (χ3v) is 3.41. The molecule has 0 aliphatic heterocycles. The standard InChI is InChI=1S/C15H14ClN3O2S/c1-9-5-10(2)7-11(6-9)17-15(22)18-14-4-3-12(19(20)21)8-13(14)16/h3-8H,1-2H3,(H2,17,18,22). The van der Waals surface area contributed by atoms with Gasteiger partial charge in [-0.3, -0.25) is 10.1 Å². The molecule has 7 heteroatoms. The van der Waals surface area contributed by atoms with Gasteiger partial charge in [0.25, 0.3) is 5.69 Å². The minimum absolute atomic E-state index is 0.0660. The zero-order valence-electron chi connectivity index (χ0n) is 12.0. The van der Waals surface area contributed by atoms with E-state index >= 15 is 0 Å². The van der Waals surface area contributed by atoms with Crippen LogP contribution in [0.3, 0.4) is 0 Å². The molecule has 0 saturated carbocycles. The molecular formula is C15H14ClN3O2S. The molecule has 0 aliphatic carbocycles. The van der Waals surface area contributed by atoms with E-state index in [0.29, 0.717) is 10.8 Å². The number of non-ortho nitro benzene ring substituents is 1. The van der Waals surface area contributed by atoms with Crippen LogP contribution in [0.2, 0.25) is 5.02 Å². The number of thiocarbonyl (C=S) groups is 1. The number of hydrogen-bond donors (Lipinski definition) is 2. The van der Waals surface area contributed by atoms with Crippen molar-refractivity contribution in [2.75, 3.05) is 10.6 Å². The highest BCUT2D eigenvalue weighted by Gasteiger charge is 2.10. The number of rotatable bonds is 3. The molecule has 114 valence electrons. The molecule has 0 radical (unpaired) electrons. The summed E-state index contributed by atoms with van der Waals surface area (Å²) in [6, 6.07) is 10.2. The Kier molecular flexibility index (Phi) is 4.95. The first-order chi connectivity index (χ1) is 10.3. The van der Waals surface area contributed by atoms with Crippen molar-refractivity contribution in [1.82, 2.24) is 0 Å². The van der Waals surface area contributed by atoms with E-state index < -0.39 is 4.92 Å². The lowest BCUT2D eigenvalue weighted by molar-refractivity contribution is -0.384. The van der Waals surface area contributed by atoms with Gasteiger partial charge < -0.3 is 10.6 Å². The van der Waals surface area contributed by atoms with Crippen LogP contribution in [0.15, 0.2) is 36.4 Å². The Morgan fingerprint density at radius 1 is 1.14 bits per heavy atom. The molecule has 0 aliphatic rings. The Balaban J connectivity index is 2.10. The zero-order valence-corrected chi connectivity index (χ0v) is 13.6. The largest absolute Gasteiger partial charge is 0.332 e. The Bertz CT molecular complexity index is 729. The van der Waals surface area contributed by atoms with Crippen molar-refractivity contribution in [3.05, 3.63) is 62.7 Å². The number of nitro groups is 1. The normalized spacial score (nSPS) is 10.1. The van der Waals surface area contributed by atoms with Crippen LogP contribution in [0.4, 0.5) is 17.1 Å². The lowest BCUT2D eigenvalue weighted by atomic mass is 10.1. The maximum atomic E-state index is 10.7. The molecule has 0 saturated heterocycles. The summed E-state index contributed by atoms with van der Waals surface area (Å²) >= 11 is 11.3. The van der Waals surface area contributed by atoms with Gasteiger partial charge in [-0.15, -0.1) is 0 Å². The van der Waals surface area contributed by atoms with Crippen molar-refractivity contribution >= 4 is 46.0 Å². The first kappa shape index (κ1) is 16.2. The average molecular weight is 336 g/mol. The van der Waals surface area contributed by atoms with Crippen LogP contribution < -0.4 is 10.6 Å². The predicted octanol–water partition coefficient (Wildman–Crippen LogP) is 4.67. The summed E-state index contributed by atoms with van der Waals surface area (Å²) in [6.45, 7) is 4.00. The van der Waals surface area contributed by atoms with Crippen molar-refractivity contribution in [2.45, 2.75) is 13.8 Å². The maximum absolute atomic E-state index is 10.7. The van der Waals surface area contributed by atoms with Gasteiger partial charge in [0.2, 0.25) is 0 Å². The Hall–Kier alpha value is -2.18. The first-order valence-corrected chi connectivity index (χ1v) is 7.24. The van der Waals surface area contributed by atoms with Crippen LogP contribution >= 0.6 is 23.8 Å². The summed E-state index contributed by atoms with van der Waals surface area (Å²) in [5.41, 5.74) is 3.56. The fourth-order valence-electron chi connectivity index (χ4n) is 2.05. The molecule has 0 amide bonds. The summed E-state index contributed by atoms with van der Waals surface area (Å²) in [5.74, 6) is 0. The molecule has 2 N–H and O–H groups in total. The number of nitrogens with one attached hydrogen (secondary N) is 2. The topological polar surface area (TPSA) is 67.2 Å². The quantitative estimate of drug-likeness (QED) is 0.484. The number of nitrogens with zero attached hydrogens (tertiary/aromatic N) is 1. The summed E-state index contributed by atoms with van der Waals surface area (Å²) in [4.78, 5) is 10.2. The highest BCUT2D eigenvalue weighted by Crippen LogP contribution is 2.26. The van der Waals surface area contributed by atoms with Gasteiger partial charge >= 0.3 is 0 Å².